The van der Waals surface area contributed by atoms with Crippen LogP contribution in [0, 0.1) is 0 Å². The van der Waals surface area contributed by atoms with Crippen molar-refractivity contribution in [1.82, 2.24) is 14.8 Å². The van der Waals surface area contributed by atoms with E-state index in [1.807, 2.05) is 18.2 Å². The number of nitrogens with zero attached hydrogens (tertiary/aromatic N) is 3. The lowest BCUT2D eigenvalue weighted by atomic mass is 10.1. The molecule has 0 aliphatic carbocycles. The third kappa shape index (κ3) is 3.86. The van der Waals surface area contributed by atoms with Gasteiger partial charge in [0.1, 0.15) is 6.04 Å². The minimum Gasteiger partial charge on any atom is -0.326 e. The maximum absolute atomic E-state index is 13.0. The Hall–Kier alpha value is -3.40. The molecule has 2 aromatic carbocycles. The number of alkyl halides is 3. The zero-order valence-corrected chi connectivity index (χ0v) is 15.8. The Balaban J connectivity index is 1.51. The molecule has 1 atom stereocenters. The lowest BCUT2D eigenvalue weighted by Crippen LogP contribution is -2.24. The van der Waals surface area contributed by atoms with E-state index in [-0.39, 0.29) is 18.1 Å². The van der Waals surface area contributed by atoms with Crippen LogP contribution in [0.1, 0.15) is 18.0 Å². The van der Waals surface area contributed by atoms with Gasteiger partial charge < -0.3 is 5.32 Å². The first-order chi connectivity index (χ1) is 14.2. The summed E-state index contributed by atoms with van der Waals surface area (Å²) in [5, 5.41) is 8.72. The quantitative estimate of drug-likeness (QED) is 0.644. The van der Waals surface area contributed by atoms with Gasteiger partial charge in [-0.25, -0.2) is 4.68 Å². The molecule has 30 heavy (non-hydrogen) atoms. The normalized spacial score (nSPS) is 15.6. The predicted molar refractivity (Wildman–Crippen MR) is 103 cm³/mol. The number of carbonyl (C=O) groups is 2. The van der Waals surface area contributed by atoms with Crippen molar-refractivity contribution in [3.63, 3.8) is 0 Å². The molecule has 7 nitrogen and oxygen atoms in total. The van der Waals surface area contributed by atoms with Crippen LogP contribution in [0.2, 0.25) is 5.02 Å². The second-order valence-corrected chi connectivity index (χ2v) is 6.93. The first-order valence-corrected chi connectivity index (χ1v) is 9.09. The lowest BCUT2D eigenvalue weighted by Gasteiger charge is -2.13. The van der Waals surface area contributed by atoms with Gasteiger partial charge in [0.25, 0.3) is 5.91 Å². The average molecular weight is 436 g/mol. The van der Waals surface area contributed by atoms with Gasteiger partial charge >= 0.3 is 6.18 Å². The van der Waals surface area contributed by atoms with Crippen molar-refractivity contribution >= 4 is 35.1 Å². The van der Waals surface area contributed by atoms with Crippen LogP contribution in [0.3, 0.4) is 0 Å². The van der Waals surface area contributed by atoms with Crippen molar-refractivity contribution in [2.45, 2.75) is 18.6 Å². The highest BCUT2D eigenvalue weighted by atomic mass is 35.5. The maximum atomic E-state index is 13.0. The molecule has 11 heteroatoms. The van der Waals surface area contributed by atoms with Gasteiger partial charge in [-0.1, -0.05) is 41.9 Å². The molecule has 0 bridgehead atoms. The van der Waals surface area contributed by atoms with Gasteiger partial charge in [0.2, 0.25) is 11.9 Å². The van der Waals surface area contributed by atoms with Gasteiger partial charge in [0.15, 0.2) is 5.82 Å². The Labute approximate surface area is 172 Å². The van der Waals surface area contributed by atoms with Crippen LogP contribution in [0.25, 0.3) is 11.4 Å². The van der Waals surface area contributed by atoms with Gasteiger partial charge in [0, 0.05) is 11.3 Å². The molecule has 2 heterocycles. The number of hydrogen-bond donors (Lipinski definition) is 2. The Bertz CT molecular complexity index is 1130. The molecule has 0 radical (unpaired) electrons. The summed E-state index contributed by atoms with van der Waals surface area (Å²) >= 11 is 5.58. The van der Waals surface area contributed by atoms with Gasteiger partial charge in [-0.15, -0.1) is 5.10 Å². The zero-order chi connectivity index (χ0) is 21.5. The molecular weight excluding hydrogens is 423 g/mol. The topological polar surface area (TPSA) is 88.9 Å². The van der Waals surface area contributed by atoms with Crippen LogP contribution in [0.5, 0.6) is 0 Å². The summed E-state index contributed by atoms with van der Waals surface area (Å²) in [7, 11) is 0. The van der Waals surface area contributed by atoms with Gasteiger partial charge in [-0.2, -0.15) is 18.2 Å². The SMILES string of the molecule is O=C(C[C@H]1C(=O)Nc2nc(-c3ccccc3)nn21)Nc1ccc(Cl)c(C(F)(F)F)c1. The van der Waals surface area contributed by atoms with Gasteiger partial charge in [-0.05, 0) is 18.2 Å². The van der Waals surface area contributed by atoms with E-state index in [0.717, 1.165) is 17.7 Å². The number of benzene rings is 2. The molecule has 2 amide bonds. The van der Waals surface area contributed by atoms with Crippen LogP contribution in [-0.2, 0) is 15.8 Å². The van der Waals surface area contributed by atoms with E-state index < -0.39 is 34.6 Å². The van der Waals surface area contributed by atoms with Crippen molar-refractivity contribution in [1.29, 1.82) is 0 Å². The molecule has 1 aliphatic heterocycles. The lowest BCUT2D eigenvalue weighted by molar-refractivity contribution is -0.137. The Morgan fingerprint density at radius 1 is 1.20 bits per heavy atom. The molecule has 0 spiro atoms. The summed E-state index contributed by atoms with van der Waals surface area (Å²) in [4.78, 5) is 28.8. The minimum atomic E-state index is -4.66. The van der Waals surface area contributed by atoms with Crippen molar-refractivity contribution < 1.29 is 22.8 Å². The summed E-state index contributed by atoms with van der Waals surface area (Å²) in [6.07, 6.45) is -4.99. The largest absolute Gasteiger partial charge is 0.417 e. The van der Waals surface area contributed by atoms with E-state index >= 15 is 0 Å². The third-order valence-corrected chi connectivity index (χ3v) is 4.76. The molecular formula is C19H13ClF3N5O2. The number of anilines is 2. The second kappa shape index (κ2) is 7.45. The number of aromatic nitrogens is 3. The first kappa shape index (κ1) is 19.9. The predicted octanol–water partition coefficient (Wildman–Crippen LogP) is 4.14. The molecule has 1 aromatic heterocycles. The monoisotopic (exact) mass is 435 g/mol. The minimum absolute atomic E-state index is 0.0843. The maximum Gasteiger partial charge on any atom is 0.417 e. The molecule has 154 valence electrons. The van der Waals surface area contributed by atoms with Gasteiger partial charge in [0.05, 0.1) is 17.0 Å². The molecule has 0 fully saturated rings. The molecule has 2 N–H and O–H groups in total. The molecule has 3 aromatic rings. The smallest absolute Gasteiger partial charge is 0.326 e. The second-order valence-electron chi connectivity index (χ2n) is 6.52. The van der Waals surface area contributed by atoms with E-state index in [2.05, 4.69) is 20.7 Å². The average Bonchev–Trinajstić information content (AvgIpc) is 3.22. The van der Waals surface area contributed by atoms with Crippen LogP contribution < -0.4 is 10.6 Å². The number of halogens is 4. The van der Waals surface area contributed by atoms with Gasteiger partial charge in [-0.3, -0.25) is 14.9 Å². The fraction of sp³-hybridized carbons (Fsp3) is 0.158. The van der Waals surface area contributed by atoms with Crippen LogP contribution >= 0.6 is 11.6 Å². The molecule has 0 saturated carbocycles. The van der Waals surface area contributed by atoms with Crippen LogP contribution in [-0.4, -0.2) is 26.6 Å². The Morgan fingerprint density at radius 2 is 1.93 bits per heavy atom. The fourth-order valence-corrected chi connectivity index (χ4v) is 3.25. The standard InChI is InChI=1S/C19H13ClF3N5O2/c20-13-7-6-11(8-12(13)19(21,22)23)24-15(29)9-14-17(30)26-18-25-16(27-28(14)18)10-4-2-1-3-5-10/h1-8,14H,9H2,(H,24,29)(H,25,26,27,30)/t14-/m0/s1. The third-order valence-electron chi connectivity index (χ3n) is 4.43. The first-order valence-electron chi connectivity index (χ1n) is 8.72. The van der Waals surface area contributed by atoms with Crippen LogP contribution in [0.4, 0.5) is 24.8 Å². The highest BCUT2D eigenvalue weighted by Crippen LogP contribution is 2.36. The number of carbonyl (C=O) groups excluding carboxylic acids is 2. The van der Waals surface area contributed by atoms with Crippen molar-refractivity contribution in [3.8, 4) is 11.4 Å². The van der Waals surface area contributed by atoms with Crippen LogP contribution in [0.15, 0.2) is 48.5 Å². The highest BCUT2D eigenvalue weighted by molar-refractivity contribution is 6.31. The summed E-state index contributed by atoms with van der Waals surface area (Å²) in [5.41, 5.74) is -0.414. The number of amides is 2. The summed E-state index contributed by atoms with van der Waals surface area (Å²) in [5.74, 6) is -0.562. The number of rotatable bonds is 4. The van der Waals surface area contributed by atoms with E-state index in [0.29, 0.717) is 5.82 Å². The van der Waals surface area contributed by atoms with Crippen molar-refractivity contribution in [3.05, 3.63) is 59.1 Å². The van der Waals surface area contributed by atoms with E-state index in [1.54, 1.807) is 12.1 Å². The summed E-state index contributed by atoms with van der Waals surface area (Å²) in [6.45, 7) is 0. The number of fused-ring (bicyclic) bond motifs is 1. The molecule has 0 unspecified atom stereocenters. The summed E-state index contributed by atoms with van der Waals surface area (Å²) < 4.78 is 40.3. The van der Waals surface area contributed by atoms with Crippen molar-refractivity contribution in [2.24, 2.45) is 0 Å². The fourth-order valence-electron chi connectivity index (χ4n) is 3.03. The number of nitrogens with one attached hydrogen (secondary N) is 2. The van der Waals surface area contributed by atoms with E-state index in [4.69, 9.17) is 11.6 Å². The van der Waals surface area contributed by atoms with E-state index in [9.17, 15) is 22.8 Å². The molecule has 1 aliphatic rings. The molecule has 0 saturated heterocycles. The zero-order valence-electron chi connectivity index (χ0n) is 15.1. The van der Waals surface area contributed by atoms with E-state index in [1.165, 1.54) is 10.7 Å². The van der Waals surface area contributed by atoms with Crippen molar-refractivity contribution in [2.75, 3.05) is 10.6 Å². The Morgan fingerprint density at radius 3 is 2.63 bits per heavy atom. The molecule has 4 rings (SSSR count). The number of hydrogen-bond acceptors (Lipinski definition) is 4. The Kier molecular flexibility index (Phi) is 4.94. The highest BCUT2D eigenvalue weighted by Gasteiger charge is 2.36. The summed E-state index contributed by atoms with van der Waals surface area (Å²) in [6, 6.07) is 11.1.